The molecule has 0 fully saturated rings. The maximum Gasteiger partial charge on any atom is 0.258 e. The van der Waals surface area contributed by atoms with Crippen molar-refractivity contribution in [2.45, 2.75) is 19.4 Å². The number of benzene rings is 2. The molecule has 1 N–H and O–H groups in total. The molecule has 122 valence electrons. The number of halogens is 1. The number of carbonyl (C=O) groups excluding carboxylic acids is 1. The van der Waals surface area contributed by atoms with Crippen molar-refractivity contribution in [3.05, 3.63) is 59.1 Å². The average Bonchev–Trinajstić information content (AvgIpc) is 2.53. The van der Waals surface area contributed by atoms with Gasteiger partial charge < -0.3 is 14.8 Å². The van der Waals surface area contributed by atoms with Gasteiger partial charge in [0.15, 0.2) is 18.1 Å². The smallest absolute Gasteiger partial charge is 0.258 e. The second-order valence-electron chi connectivity index (χ2n) is 5.62. The van der Waals surface area contributed by atoms with Crippen LogP contribution in [-0.4, -0.2) is 19.6 Å². The summed E-state index contributed by atoms with van der Waals surface area (Å²) in [6, 6.07) is 14.6. The molecule has 0 aliphatic carbocycles. The highest BCUT2D eigenvalue weighted by Crippen LogP contribution is 2.26. The van der Waals surface area contributed by atoms with Crippen LogP contribution < -0.4 is 14.8 Å². The van der Waals surface area contributed by atoms with Crippen LogP contribution in [-0.2, 0) is 10.3 Å². The molecule has 0 aliphatic rings. The number of ether oxygens (including phenoxy) is 2. The van der Waals surface area contributed by atoms with Crippen molar-refractivity contribution in [2.75, 3.05) is 13.7 Å². The number of amides is 1. The van der Waals surface area contributed by atoms with Crippen LogP contribution in [0.1, 0.15) is 19.4 Å². The summed E-state index contributed by atoms with van der Waals surface area (Å²) in [7, 11) is 1.56. The lowest BCUT2D eigenvalue weighted by Crippen LogP contribution is -2.43. The van der Waals surface area contributed by atoms with Crippen molar-refractivity contribution in [1.82, 2.24) is 5.32 Å². The molecule has 1 amide bonds. The number of hydrogen-bond acceptors (Lipinski definition) is 3. The molecule has 0 unspecified atom stereocenters. The van der Waals surface area contributed by atoms with E-state index in [1.165, 1.54) is 0 Å². The zero-order chi connectivity index (χ0) is 16.9. The molecule has 0 heterocycles. The summed E-state index contributed by atoms with van der Waals surface area (Å²) in [6.45, 7) is 3.77. The summed E-state index contributed by atoms with van der Waals surface area (Å²) in [5.74, 6) is 0.919. The molecule has 0 saturated heterocycles. The Kier molecular flexibility index (Phi) is 5.50. The van der Waals surface area contributed by atoms with Gasteiger partial charge in [-0.3, -0.25) is 4.79 Å². The van der Waals surface area contributed by atoms with E-state index in [-0.39, 0.29) is 12.5 Å². The molecule has 2 aromatic rings. The van der Waals surface area contributed by atoms with E-state index >= 15 is 0 Å². The van der Waals surface area contributed by atoms with Crippen LogP contribution in [0.2, 0.25) is 5.02 Å². The summed E-state index contributed by atoms with van der Waals surface area (Å²) in [5.41, 5.74) is 0.443. The summed E-state index contributed by atoms with van der Waals surface area (Å²) in [6.07, 6.45) is 0. The number of rotatable bonds is 6. The highest BCUT2D eigenvalue weighted by molar-refractivity contribution is 6.30. The van der Waals surface area contributed by atoms with Crippen LogP contribution in [0.5, 0.6) is 11.5 Å². The van der Waals surface area contributed by atoms with Crippen molar-refractivity contribution >= 4 is 17.5 Å². The van der Waals surface area contributed by atoms with E-state index < -0.39 is 5.54 Å². The fourth-order valence-electron chi connectivity index (χ4n) is 2.20. The Hall–Kier alpha value is -2.20. The monoisotopic (exact) mass is 333 g/mol. The minimum absolute atomic E-state index is 0.0859. The highest BCUT2D eigenvalue weighted by Gasteiger charge is 2.23. The highest BCUT2D eigenvalue weighted by atomic mass is 35.5. The number of hydrogen-bond donors (Lipinski definition) is 1. The Morgan fingerprint density at radius 3 is 2.30 bits per heavy atom. The standard InChI is InChI=1S/C18H20ClNO3/c1-18(2,13-8-10-14(19)11-9-13)20-17(21)12-23-16-7-5-4-6-15(16)22-3/h4-11H,12H2,1-3H3,(H,20,21). The van der Waals surface area contributed by atoms with Crippen LogP contribution in [0.3, 0.4) is 0 Å². The molecule has 0 aromatic heterocycles. The maximum atomic E-state index is 12.2. The van der Waals surface area contributed by atoms with Gasteiger partial charge >= 0.3 is 0 Å². The maximum absolute atomic E-state index is 12.2. The Morgan fingerprint density at radius 2 is 1.70 bits per heavy atom. The molecule has 0 bridgehead atoms. The molecule has 5 heteroatoms. The normalized spacial score (nSPS) is 11.0. The molecular formula is C18H20ClNO3. The van der Waals surface area contributed by atoms with Gasteiger partial charge in [-0.05, 0) is 43.7 Å². The van der Waals surface area contributed by atoms with E-state index in [4.69, 9.17) is 21.1 Å². The van der Waals surface area contributed by atoms with Gasteiger partial charge in [-0.1, -0.05) is 35.9 Å². The number of nitrogens with one attached hydrogen (secondary N) is 1. The first kappa shape index (κ1) is 17.2. The van der Waals surface area contributed by atoms with E-state index in [2.05, 4.69) is 5.32 Å². The first-order valence-electron chi connectivity index (χ1n) is 7.25. The van der Waals surface area contributed by atoms with E-state index in [0.29, 0.717) is 16.5 Å². The van der Waals surface area contributed by atoms with Gasteiger partial charge in [0.1, 0.15) is 0 Å². The summed E-state index contributed by atoms with van der Waals surface area (Å²) in [5, 5.41) is 3.61. The van der Waals surface area contributed by atoms with Gasteiger partial charge in [0, 0.05) is 5.02 Å². The molecule has 0 spiro atoms. The van der Waals surface area contributed by atoms with Crippen molar-refractivity contribution in [1.29, 1.82) is 0 Å². The summed E-state index contributed by atoms with van der Waals surface area (Å²) in [4.78, 5) is 12.2. The first-order chi connectivity index (χ1) is 10.9. The van der Waals surface area contributed by atoms with Gasteiger partial charge in [0.2, 0.25) is 0 Å². The Labute approximate surface area is 141 Å². The molecule has 0 radical (unpaired) electrons. The van der Waals surface area contributed by atoms with Gasteiger partial charge in [0.25, 0.3) is 5.91 Å². The van der Waals surface area contributed by atoms with Crippen LogP contribution in [0, 0.1) is 0 Å². The Balaban J connectivity index is 1.97. The van der Waals surface area contributed by atoms with Crippen LogP contribution in [0.15, 0.2) is 48.5 Å². The lowest BCUT2D eigenvalue weighted by atomic mass is 9.94. The largest absolute Gasteiger partial charge is 0.493 e. The van der Waals surface area contributed by atoms with Gasteiger partial charge in [-0.2, -0.15) is 0 Å². The molecule has 0 aliphatic heterocycles. The van der Waals surface area contributed by atoms with Gasteiger partial charge in [0.05, 0.1) is 12.6 Å². The zero-order valence-corrected chi connectivity index (χ0v) is 14.2. The first-order valence-corrected chi connectivity index (χ1v) is 7.63. The van der Waals surface area contributed by atoms with Crippen LogP contribution >= 0.6 is 11.6 Å². The second-order valence-corrected chi connectivity index (χ2v) is 6.06. The van der Waals surface area contributed by atoms with Crippen molar-refractivity contribution in [3.63, 3.8) is 0 Å². The topological polar surface area (TPSA) is 47.6 Å². The van der Waals surface area contributed by atoms with E-state index in [0.717, 1.165) is 5.56 Å². The fraction of sp³-hybridized carbons (Fsp3) is 0.278. The molecule has 4 nitrogen and oxygen atoms in total. The van der Waals surface area contributed by atoms with Crippen LogP contribution in [0.4, 0.5) is 0 Å². The Bertz CT molecular complexity index is 668. The van der Waals surface area contributed by atoms with Crippen molar-refractivity contribution in [2.24, 2.45) is 0 Å². The fourth-order valence-corrected chi connectivity index (χ4v) is 2.33. The number of carbonyl (C=O) groups is 1. The average molecular weight is 334 g/mol. The zero-order valence-electron chi connectivity index (χ0n) is 13.4. The van der Waals surface area contributed by atoms with E-state index in [9.17, 15) is 4.79 Å². The minimum Gasteiger partial charge on any atom is -0.493 e. The van der Waals surface area contributed by atoms with E-state index in [1.54, 1.807) is 31.4 Å². The quantitative estimate of drug-likeness (QED) is 0.875. The Morgan fingerprint density at radius 1 is 1.09 bits per heavy atom. The molecule has 23 heavy (non-hydrogen) atoms. The van der Waals surface area contributed by atoms with E-state index in [1.807, 2.05) is 38.1 Å². The SMILES string of the molecule is COc1ccccc1OCC(=O)NC(C)(C)c1ccc(Cl)cc1. The lowest BCUT2D eigenvalue weighted by molar-refractivity contribution is -0.124. The minimum atomic E-state index is -0.522. The predicted molar refractivity (Wildman–Crippen MR) is 91.1 cm³/mol. The van der Waals surface area contributed by atoms with Crippen molar-refractivity contribution in [3.8, 4) is 11.5 Å². The number of para-hydroxylation sites is 2. The molecular weight excluding hydrogens is 314 g/mol. The molecule has 0 saturated carbocycles. The van der Waals surface area contributed by atoms with Crippen molar-refractivity contribution < 1.29 is 14.3 Å². The third kappa shape index (κ3) is 4.63. The third-order valence-electron chi connectivity index (χ3n) is 3.45. The lowest BCUT2D eigenvalue weighted by Gasteiger charge is -2.27. The second kappa shape index (κ2) is 7.38. The number of methoxy groups -OCH3 is 1. The predicted octanol–water partition coefficient (Wildman–Crippen LogP) is 3.78. The third-order valence-corrected chi connectivity index (χ3v) is 3.70. The van der Waals surface area contributed by atoms with Gasteiger partial charge in [-0.25, -0.2) is 0 Å². The molecule has 2 rings (SSSR count). The van der Waals surface area contributed by atoms with Gasteiger partial charge in [-0.15, -0.1) is 0 Å². The summed E-state index contributed by atoms with van der Waals surface area (Å²) >= 11 is 5.89. The molecule has 0 atom stereocenters. The molecule has 2 aromatic carbocycles. The summed E-state index contributed by atoms with van der Waals surface area (Å²) < 4.78 is 10.7. The van der Waals surface area contributed by atoms with Crippen LogP contribution in [0.25, 0.3) is 0 Å².